The summed E-state index contributed by atoms with van der Waals surface area (Å²) in [6.45, 7) is 1.88. The van der Waals surface area contributed by atoms with Crippen molar-refractivity contribution >= 4 is 39.8 Å². The molecule has 0 unspecified atom stereocenters. The molecule has 1 aliphatic carbocycles. The first kappa shape index (κ1) is 14.9. The van der Waals surface area contributed by atoms with Gasteiger partial charge in [0.15, 0.2) is 15.8 Å². The monoisotopic (exact) mass is 347 g/mol. The fourth-order valence-electron chi connectivity index (χ4n) is 0.932. The van der Waals surface area contributed by atoms with Crippen LogP contribution in [0.2, 0.25) is 0 Å². The number of rotatable bonds is 5. The molecule has 90 valence electrons. The zero-order chi connectivity index (χ0) is 10.6. The maximum absolute atomic E-state index is 11.1. The summed E-state index contributed by atoms with van der Waals surface area (Å²) < 4.78 is 22.2. The standard InChI is InChI=1S/C8H17N3O2S.HI/c1-2-14(12,13)6-5-10-8(9)11-7-3-4-7;/h7H,2-6H2,1H3,(H3,9,10,11);1H. The molecule has 1 rings (SSSR count). The summed E-state index contributed by atoms with van der Waals surface area (Å²) in [4.78, 5) is 3.94. The number of guanidine groups is 1. The Morgan fingerprint density at radius 1 is 1.53 bits per heavy atom. The summed E-state index contributed by atoms with van der Waals surface area (Å²) >= 11 is 0. The Balaban J connectivity index is 0.00000196. The number of nitrogens with one attached hydrogen (secondary N) is 1. The molecule has 0 aliphatic heterocycles. The van der Waals surface area contributed by atoms with Crippen LogP contribution in [0.15, 0.2) is 4.99 Å². The number of nitrogens with zero attached hydrogens (tertiary/aromatic N) is 1. The van der Waals surface area contributed by atoms with Crippen LogP contribution in [-0.2, 0) is 9.84 Å². The number of hydrogen-bond acceptors (Lipinski definition) is 3. The number of nitrogens with two attached hydrogens (primary N) is 1. The predicted octanol–water partition coefficient (Wildman–Crippen LogP) is 0.106. The average molecular weight is 347 g/mol. The van der Waals surface area contributed by atoms with Crippen molar-refractivity contribution in [3.05, 3.63) is 0 Å². The van der Waals surface area contributed by atoms with Gasteiger partial charge in [-0.1, -0.05) is 6.92 Å². The second-order valence-electron chi connectivity index (χ2n) is 3.42. The number of aliphatic imine (C=N–C) groups is 1. The smallest absolute Gasteiger partial charge is 0.188 e. The number of hydrogen-bond donors (Lipinski definition) is 2. The van der Waals surface area contributed by atoms with Crippen molar-refractivity contribution in [3.8, 4) is 0 Å². The second-order valence-corrected chi connectivity index (χ2v) is 5.89. The highest BCUT2D eigenvalue weighted by atomic mass is 127. The van der Waals surface area contributed by atoms with E-state index in [1.807, 2.05) is 0 Å². The van der Waals surface area contributed by atoms with Crippen LogP contribution in [0.4, 0.5) is 0 Å². The Morgan fingerprint density at radius 3 is 2.60 bits per heavy atom. The molecule has 5 nitrogen and oxygen atoms in total. The molecule has 0 aromatic carbocycles. The molecule has 7 heteroatoms. The Kier molecular flexibility index (Phi) is 6.49. The third-order valence-corrected chi connectivity index (χ3v) is 3.74. The maximum Gasteiger partial charge on any atom is 0.188 e. The third-order valence-electron chi connectivity index (χ3n) is 2.05. The normalized spacial score (nSPS) is 17.0. The van der Waals surface area contributed by atoms with Gasteiger partial charge >= 0.3 is 0 Å². The van der Waals surface area contributed by atoms with Crippen molar-refractivity contribution < 1.29 is 8.42 Å². The third kappa shape index (κ3) is 6.93. The molecule has 0 aromatic heterocycles. The van der Waals surface area contributed by atoms with Gasteiger partial charge in [0, 0.05) is 11.8 Å². The van der Waals surface area contributed by atoms with E-state index in [1.165, 1.54) is 0 Å². The van der Waals surface area contributed by atoms with Gasteiger partial charge in [0.25, 0.3) is 0 Å². The van der Waals surface area contributed by atoms with Crippen molar-refractivity contribution in [2.75, 3.05) is 18.1 Å². The molecule has 0 heterocycles. The van der Waals surface area contributed by atoms with Crippen LogP contribution in [-0.4, -0.2) is 38.5 Å². The maximum atomic E-state index is 11.1. The molecule has 0 atom stereocenters. The minimum Gasteiger partial charge on any atom is -0.370 e. The van der Waals surface area contributed by atoms with Gasteiger partial charge in [0.1, 0.15) is 0 Å². The Hall–Kier alpha value is -0.0500. The molecule has 0 spiro atoms. The Morgan fingerprint density at radius 2 is 2.13 bits per heavy atom. The molecule has 1 fully saturated rings. The van der Waals surface area contributed by atoms with Crippen molar-refractivity contribution in [1.29, 1.82) is 0 Å². The summed E-state index contributed by atoms with van der Waals surface area (Å²) in [5.74, 6) is 0.605. The summed E-state index contributed by atoms with van der Waals surface area (Å²) in [5.41, 5.74) is 5.53. The minimum atomic E-state index is -2.92. The molecule has 0 aromatic rings. The molecule has 0 radical (unpaired) electrons. The summed E-state index contributed by atoms with van der Waals surface area (Å²) in [6, 6.07) is 0.460. The van der Waals surface area contributed by atoms with Crippen molar-refractivity contribution in [3.63, 3.8) is 0 Å². The van der Waals surface area contributed by atoms with Crippen LogP contribution in [0.1, 0.15) is 19.8 Å². The van der Waals surface area contributed by atoms with E-state index in [0.717, 1.165) is 12.8 Å². The first-order valence-corrected chi connectivity index (χ1v) is 6.62. The van der Waals surface area contributed by atoms with E-state index in [0.29, 0.717) is 12.0 Å². The highest BCUT2D eigenvalue weighted by Crippen LogP contribution is 2.17. The van der Waals surface area contributed by atoms with E-state index in [-0.39, 0.29) is 42.0 Å². The van der Waals surface area contributed by atoms with Crippen molar-refractivity contribution in [1.82, 2.24) is 5.32 Å². The molecule has 15 heavy (non-hydrogen) atoms. The van der Waals surface area contributed by atoms with Crippen LogP contribution in [0, 0.1) is 0 Å². The first-order chi connectivity index (χ1) is 6.53. The summed E-state index contributed by atoms with van der Waals surface area (Å²) in [7, 11) is -2.92. The molecule has 0 amide bonds. The fraction of sp³-hybridized carbons (Fsp3) is 0.875. The zero-order valence-corrected chi connectivity index (χ0v) is 11.9. The number of sulfone groups is 1. The summed E-state index contributed by atoms with van der Waals surface area (Å²) in [5, 5.41) is 2.99. The van der Waals surface area contributed by atoms with E-state index in [1.54, 1.807) is 6.92 Å². The number of halogens is 1. The van der Waals surface area contributed by atoms with E-state index in [4.69, 9.17) is 5.73 Å². The molecule has 1 saturated carbocycles. The molecule has 0 bridgehead atoms. The lowest BCUT2D eigenvalue weighted by molar-refractivity contribution is 0.597. The molecular formula is C8H18IN3O2S. The molecular weight excluding hydrogens is 329 g/mol. The van der Waals surface area contributed by atoms with Crippen LogP contribution < -0.4 is 11.1 Å². The molecule has 1 aliphatic rings. The summed E-state index contributed by atoms with van der Waals surface area (Å²) in [6.07, 6.45) is 2.26. The van der Waals surface area contributed by atoms with E-state index < -0.39 is 9.84 Å². The van der Waals surface area contributed by atoms with Crippen molar-refractivity contribution in [2.45, 2.75) is 25.8 Å². The lowest BCUT2D eigenvalue weighted by atomic mass is 10.7. The molecule has 0 saturated heterocycles. The lowest BCUT2D eigenvalue weighted by Gasteiger charge is -2.02. The van der Waals surface area contributed by atoms with E-state index in [2.05, 4.69) is 10.3 Å². The van der Waals surface area contributed by atoms with Crippen LogP contribution >= 0.6 is 24.0 Å². The largest absolute Gasteiger partial charge is 0.370 e. The highest BCUT2D eigenvalue weighted by molar-refractivity contribution is 14.0. The molecule has 3 N–H and O–H groups in total. The van der Waals surface area contributed by atoms with Crippen LogP contribution in [0.3, 0.4) is 0 Å². The van der Waals surface area contributed by atoms with Gasteiger partial charge in [-0.05, 0) is 12.8 Å². The van der Waals surface area contributed by atoms with Gasteiger partial charge in [0.05, 0.1) is 12.3 Å². The Bertz CT molecular complexity index is 312. The highest BCUT2D eigenvalue weighted by Gasteiger charge is 2.21. The SMILES string of the molecule is CCS(=O)(=O)CCN=C(N)NC1CC1.I. The predicted molar refractivity (Wildman–Crippen MR) is 72.4 cm³/mol. The van der Waals surface area contributed by atoms with Gasteiger partial charge in [-0.2, -0.15) is 0 Å². The van der Waals surface area contributed by atoms with Gasteiger partial charge < -0.3 is 11.1 Å². The lowest BCUT2D eigenvalue weighted by Crippen LogP contribution is -2.33. The second kappa shape index (κ2) is 6.51. The zero-order valence-electron chi connectivity index (χ0n) is 8.77. The van der Waals surface area contributed by atoms with Gasteiger partial charge in [0.2, 0.25) is 0 Å². The van der Waals surface area contributed by atoms with Gasteiger partial charge in [-0.15, -0.1) is 24.0 Å². The van der Waals surface area contributed by atoms with Crippen LogP contribution in [0.5, 0.6) is 0 Å². The first-order valence-electron chi connectivity index (χ1n) is 4.80. The topological polar surface area (TPSA) is 84.5 Å². The quantitative estimate of drug-likeness (QED) is 0.420. The van der Waals surface area contributed by atoms with E-state index >= 15 is 0 Å². The van der Waals surface area contributed by atoms with E-state index in [9.17, 15) is 8.42 Å². The average Bonchev–Trinajstić information content (AvgIpc) is 2.88. The van der Waals surface area contributed by atoms with Gasteiger partial charge in [-0.3, -0.25) is 4.99 Å². The Labute approximate surface area is 108 Å². The van der Waals surface area contributed by atoms with Crippen LogP contribution in [0.25, 0.3) is 0 Å². The van der Waals surface area contributed by atoms with Gasteiger partial charge in [-0.25, -0.2) is 8.42 Å². The minimum absolute atomic E-state index is 0. The van der Waals surface area contributed by atoms with Crippen molar-refractivity contribution in [2.24, 2.45) is 10.7 Å². The fourth-order valence-corrected chi connectivity index (χ4v) is 1.59.